The van der Waals surface area contributed by atoms with Crippen LogP contribution >= 0.6 is 0 Å². The van der Waals surface area contributed by atoms with E-state index in [9.17, 15) is 12.8 Å². The van der Waals surface area contributed by atoms with Crippen LogP contribution in [0, 0.1) is 5.92 Å². The Bertz CT molecular complexity index is 461. The predicted octanol–water partition coefficient (Wildman–Crippen LogP) is 1.97. The number of piperidine rings is 1. The van der Waals surface area contributed by atoms with E-state index in [0.29, 0.717) is 24.8 Å². The fourth-order valence-corrected chi connectivity index (χ4v) is 4.38. The molecule has 1 aliphatic carbocycles. The minimum Gasteiger partial charge on any atom is -0.317 e. The van der Waals surface area contributed by atoms with Gasteiger partial charge in [0, 0.05) is 5.92 Å². The van der Waals surface area contributed by atoms with E-state index >= 15 is 0 Å². The summed E-state index contributed by atoms with van der Waals surface area (Å²) in [5, 5.41) is 2.83. The van der Waals surface area contributed by atoms with E-state index in [1.54, 1.807) is 13.0 Å². The van der Waals surface area contributed by atoms with Gasteiger partial charge in [0.1, 0.15) is 5.83 Å². The molecule has 1 atom stereocenters. The highest BCUT2D eigenvalue weighted by Crippen LogP contribution is 2.28. The number of rotatable bonds is 3. The van der Waals surface area contributed by atoms with Crippen LogP contribution in [-0.4, -0.2) is 32.5 Å². The molecule has 5 heteroatoms. The molecule has 1 unspecified atom stereocenters. The van der Waals surface area contributed by atoms with Crippen LogP contribution in [0.3, 0.4) is 0 Å². The average Bonchev–Trinajstić information content (AvgIpc) is 2.36. The first-order chi connectivity index (χ1) is 8.50. The Hall–Kier alpha value is -0.680. The Balaban J connectivity index is 2.12. The molecule has 0 amide bonds. The van der Waals surface area contributed by atoms with Crippen LogP contribution in [0.25, 0.3) is 0 Å². The van der Waals surface area contributed by atoms with Gasteiger partial charge in [-0.1, -0.05) is 19.1 Å². The molecule has 1 fully saturated rings. The lowest BCUT2D eigenvalue weighted by Crippen LogP contribution is -2.37. The maximum absolute atomic E-state index is 13.9. The van der Waals surface area contributed by atoms with Crippen molar-refractivity contribution >= 4 is 9.84 Å². The highest BCUT2D eigenvalue weighted by Gasteiger charge is 2.29. The fourth-order valence-electron chi connectivity index (χ4n) is 2.52. The van der Waals surface area contributed by atoms with Crippen molar-refractivity contribution in [1.29, 1.82) is 0 Å². The molecule has 0 spiro atoms. The molecule has 1 aliphatic heterocycles. The van der Waals surface area contributed by atoms with E-state index in [0.717, 1.165) is 13.1 Å². The summed E-state index contributed by atoms with van der Waals surface area (Å²) in [7, 11) is -3.23. The van der Waals surface area contributed by atoms with Crippen molar-refractivity contribution in [2.75, 3.05) is 18.8 Å². The second-order valence-corrected chi connectivity index (χ2v) is 7.45. The molecule has 0 bridgehead atoms. The van der Waals surface area contributed by atoms with E-state index in [1.165, 1.54) is 0 Å². The minimum atomic E-state index is -3.23. The van der Waals surface area contributed by atoms with Gasteiger partial charge < -0.3 is 5.32 Å². The molecule has 0 radical (unpaired) electrons. The average molecular weight is 273 g/mol. The third kappa shape index (κ3) is 3.01. The van der Waals surface area contributed by atoms with E-state index in [-0.39, 0.29) is 22.7 Å². The molecule has 2 rings (SSSR count). The molecule has 0 aromatic carbocycles. The first-order valence-electron chi connectivity index (χ1n) is 6.48. The van der Waals surface area contributed by atoms with Gasteiger partial charge in [-0.15, -0.1) is 0 Å². The third-order valence-corrected chi connectivity index (χ3v) is 5.90. The summed E-state index contributed by atoms with van der Waals surface area (Å²) in [6.45, 7) is 3.26. The van der Waals surface area contributed by atoms with Crippen molar-refractivity contribution in [2.24, 2.45) is 5.92 Å². The van der Waals surface area contributed by atoms with Crippen LogP contribution in [-0.2, 0) is 9.84 Å². The van der Waals surface area contributed by atoms with Gasteiger partial charge >= 0.3 is 0 Å². The smallest absolute Gasteiger partial charge is 0.157 e. The summed E-state index contributed by atoms with van der Waals surface area (Å²) in [4.78, 5) is 0. The van der Waals surface area contributed by atoms with E-state index in [2.05, 4.69) is 5.32 Å². The minimum absolute atomic E-state index is 0.148. The molecule has 18 heavy (non-hydrogen) atoms. The van der Waals surface area contributed by atoms with Gasteiger partial charge in [0.15, 0.2) is 9.84 Å². The monoisotopic (exact) mass is 273 g/mol. The Morgan fingerprint density at radius 2 is 2.06 bits per heavy atom. The van der Waals surface area contributed by atoms with Crippen LogP contribution in [0.4, 0.5) is 4.39 Å². The van der Waals surface area contributed by atoms with E-state index in [4.69, 9.17) is 0 Å². The van der Waals surface area contributed by atoms with Gasteiger partial charge in [-0.3, -0.25) is 0 Å². The lowest BCUT2D eigenvalue weighted by Gasteiger charge is -2.24. The Morgan fingerprint density at radius 1 is 1.39 bits per heavy atom. The largest absolute Gasteiger partial charge is 0.317 e. The van der Waals surface area contributed by atoms with Crippen molar-refractivity contribution in [3.05, 3.63) is 23.6 Å². The van der Waals surface area contributed by atoms with Gasteiger partial charge in [0.25, 0.3) is 0 Å². The van der Waals surface area contributed by atoms with Crippen LogP contribution in [0.15, 0.2) is 23.6 Å². The standard InChI is InChI=1S/C13H20FNO2S/c1-10-3-2-4-11(13(10)14)9-18(16,17)12-5-7-15-8-6-12/h2,4,10,12,15H,3,5-9H2,1H3. The van der Waals surface area contributed by atoms with Gasteiger partial charge in [0.05, 0.1) is 11.0 Å². The zero-order chi connectivity index (χ0) is 13.2. The zero-order valence-electron chi connectivity index (χ0n) is 10.7. The number of halogens is 1. The van der Waals surface area contributed by atoms with Crippen LogP contribution in [0.5, 0.6) is 0 Å². The van der Waals surface area contributed by atoms with Crippen LogP contribution in [0.1, 0.15) is 26.2 Å². The summed E-state index contributed by atoms with van der Waals surface area (Å²) >= 11 is 0. The summed E-state index contributed by atoms with van der Waals surface area (Å²) in [5.74, 6) is -0.590. The molecule has 102 valence electrons. The number of hydrogen-bond acceptors (Lipinski definition) is 3. The van der Waals surface area contributed by atoms with Crippen LogP contribution < -0.4 is 5.32 Å². The van der Waals surface area contributed by atoms with Crippen LogP contribution in [0.2, 0.25) is 0 Å². The van der Waals surface area contributed by atoms with Gasteiger partial charge in [0.2, 0.25) is 0 Å². The number of allylic oxidation sites excluding steroid dienone is 3. The normalized spacial score (nSPS) is 26.7. The molecule has 3 nitrogen and oxygen atoms in total. The van der Waals surface area contributed by atoms with Crippen molar-refractivity contribution < 1.29 is 12.8 Å². The number of nitrogens with one attached hydrogen (secondary N) is 1. The zero-order valence-corrected chi connectivity index (χ0v) is 11.5. The maximum atomic E-state index is 13.9. The number of sulfone groups is 1. The topological polar surface area (TPSA) is 46.2 Å². The summed E-state index contributed by atoms with van der Waals surface area (Å²) in [6.07, 6.45) is 5.42. The molecule has 2 aliphatic rings. The van der Waals surface area contributed by atoms with E-state index in [1.807, 2.05) is 6.08 Å². The van der Waals surface area contributed by atoms with Crippen molar-refractivity contribution in [3.8, 4) is 0 Å². The maximum Gasteiger partial charge on any atom is 0.157 e. The highest BCUT2D eigenvalue weighted by atomic mass is 32.2. The molecule has 0 aromatic rings. The lowest BCUT2D eigenvalue weighted by molar-refractivity contribution is 0.479. The second kappa shape index (κ2) is 5.53. The first-order valence-corrected chi connectivity index (χ1v) is 8.19. The molecule has 0 saturated carbocycles. The van der Waals surface area contributed by atoms with Gasteiger partial charge in [-0.05, 0) is 37.9 Å². The number of hydrogen-bond donors (Lipinski definition) is 1. The Morgan fingerprint density at radius 3 is 2.72 bits per heavy atom. The lowest BCUT2D eigenvalue weighted by atomic mass is 9.97. The Kier molecular flexibility index (Phi) is 4.22. The second-order valence-electron chi connectivity index (χ2n) is 5.17. The molecular weight excluding hydrogens is 253 g/mol. The van der Waals surface area contributed by atoms with Gasteiger partial charge in [-0.25, -0.2) is 12.8 Å². The molecule has 0 aromatic heterocycles. The quantitative estimate of drug-likeness (QED) is 0.855. The van der Waals surface area contributed by atoms with Crippen molar-refractivity contribution in [2.45, 2.75) is 31.4 Å². The molecule has 1 heterocycles. The molecule has 1 N–H and O–H groups in total. The van der Waals surface area contributed by atoms with Crippen molar-refractivity contribution in [3.63, 3.8) is 0 Å². The third-order valence-electron chi connectivity index (χ3n) is 3.70. The molecular formula is C13H20FNO2S. The summed E-state index contributed by atoms with van der Waals surface area (Å²) in [6, 6.07) is 0. The molecule has 1 saturated heterocycles. The SMILES string of the molecule is CC1CC=CC(CS(=O)(=O)C2CCNCC2)=C1F. The summed E-state index contributed by atoms with van der Waals surface area (Å²) in [5.41, 5.74) is 0.354. The van der Waals surface area contributed by atoms with Crippen molar-refractivity contribution in [1.82, 2.24) is 5.32 Å². The Labute approximate surface area is 108 Å². The fraction of sp³-hybridized carbons (Fsp3) is 0.692. The van der Waals surface area contributed by atoms with Gasteiger partial charge in [-0.2, -0.15) is 0 Å². The van der Waals surface area contributed by atoms with E-state index < -0.39 is 9.84 Å². The summed E-state index contributed by atoms with van der Waals surface area (Å²) < 4.78 is 38.4. The first kappa shape index (κ1) is 13.7. The highest BCUT2D eigenvalue weighted by molar-refractivity contribution is 7.92. The predicted molar refractivity (Wildman–Crippen MR) is 70.7 cm³/mol.